The van der Waals surface area contributed by atoms with Gasteiger partial charge >= 0.3 is 6.18 Å². The summed E-state index contributed by atoms with van der Waals surface area (Å²) in [6.07, 6.45) is -4.47. The minimum absolute atomic E-state index is 0.00847. The summed E-state index contributed by atoms with van der Waals surface area (Å²) in [4.78, 5) is 25.7. The van der Waals surface area contributed by atoms with Crippen LogP contribution in [0.5, 0.6) is 0 Å². The van der Waals surface area contributed by atoms with Gasteiger partial charge in [0.05, 0.1) is 16.5 Å². The van der Waals surface area contributed by atoms with Crippen molar-refractivity contribution in [3.63, 3.8) is 0 Å². The minimum Gasteiger partial charge on any atom is -0.341 e. The molecular weight excluding hydrogens is 406 g/mol. The van der Waals surface area contributed by atoms with E-state index in [1.807, 2.05) is 0 Å². The zero-order chi connectivity index (χ0) is 21.0. The van der Waals surface area contributed by atoms with Crippen molar-refractivity contribution in [1.82, 2.24) is 5.32 Å². The number of Topliss-reactive ketones (excluding diaryl/α,β-unsaturated/α-hetero) is 1. The van der Waals surface area contributed by atoms with E-state index in [1.165, 1.54) is 35.6 Å². The molecule has 2 aromatic carbocycles. The third-order valence-corrected chi connectivity index (χ3v) is 5.09. The number of hydrogen-bond donors (Lipinski definition) is 1. The highest BCUT2D eigenvalue weighted by Crippen LogP contribution is 2.29. The van der Waals surface area contributed by atoms with Crippen molar-refractivity contribution in [2.75, 3.05) is 0 Å². The average Bonchev–Trinajstić information content (AvgIpc) is 3.22. The van der Waals surface area contributed by atoms with E-state index in [1.54, 1.807) is 17.5 Å². The molecule has 0 radical (unpaired) electrons. The highest BCUT2D eigenvalue weighted by atomic mass is 32.1. The van der Waals surface area contributed by atoms with Crippen LogP contribution in [-0.4, -0.2) is 17.7 Å². The molecule has 8 heteroatoms. The van der Waals surface area contributed by atoms with Gasteiger partial charge in [-0.1, -0.05) is 18.2 Å². The lowest BCUT2D eigenvalue weighted by atomic mass is 9.96. The Labute approximate surface area is 168 Å². The summed E-state index contributed by atoms with van der Waals surface area (Å²) < 4.78 is 51.4. The van der Waals surface area contributed by atoms with E-state index < -0.39 is 35.3 Å². The van der Waals surface area contributed by atoms with Crippen LogP contribution >= 0.6 is 11.3 Å². The number of benzene rings is 2. The normalized spacial score (nSPS) is 12.4. The molecule has 150 valence electrons. The van der Waals surface area contributed by atoms with E-state index in [-0.39, 0.29) is 12.0 Å². The molecule has 3 rings (SSSR count). The van der Waals surface area contributed by atoms with Gasteiger partial charge in [-0.2, -0.15) is 13.2 Å². The first-order chi connectivity index (χ1) is 13.7. The van der Waals surface area contributed by atoms with Crippen LogP contribution in [-0.2, 0) is 12.6 Å². The Morgan fingerprint density at radius 1 is 0.966 bits per heavy atom. The number of hydrogen-bond acceptors (Lipinski definition) is 3. The number of thiophene rings is 1. The molecule has 1 N–H and O–H groups in total. The van der Waals surface area contributed by atoms with Gasteiger partial charge in [0.2, 0.25) is 0 Å². The smallest absolute Gasteiger partial charge is 0.341 e. The van der Waals surface area contributed by atoms with Gasteiger partial charge in [-0.15, -0.1) is 11.3 Å². The van der Waals surface area contributed by atoms with Crippen molar-refractivity contribution in [1.29, 1.82) is 0 Å². The quantitative estimate of drug-likeness (QED) is 0.443. The number of ketones is 1. The summed E-state index contributed by atoms with van der Waals surface area (Å²) in [5.74, 6) is -1.44. The summed E-state index contributed by atoms with van der Waals surface area (Å²) >= 11 is 1.20. The Morgan fingerprint density at radius 3 is 2.17 bits per heavy atom. The second-order valence-corrected chi connectivity index (χ2v) is 7.22. The first kappa shape index (κ1) is 20.7. The third-order valence-electron chi connectivity index (χ3n) is 4.22. The Kier molecular flexibility index (Phi) is 6.12. The lowest BCUT2D eigenvalue weighted by molar-refractivity contribution is -0.137. The van der Waals surface area contributed by atoms with Gasteiger partial charge in [-0.05, 0) is 53.4 Å². The third kappa shape index (κ3) is 5.29. The molecule has 1 amide bonds. The van der Waals surface area contributed by atoms with E-state index in [2.05, 4.69) is 5.32 Å². The zero-order valence-electron chi connectivity index (χ0n) is 14.9. The van der Waals surface area contributed by atoms with Gasteiger partial charge in [0, 0.05) is 12.0 Å². The number of halogens is 4. The number of rotatable bonds is 6. The second kappa shape index (κ2) is 8.57. The molecule has 3 aromatic rings. The average molecular weight is 421 g/mol. The van der Waals surface area contributed by atoms with Gasteiger partial charge in [-0.3, -0.25) is 9.59 Å². The van der Waals surface area contributed by atoms with Crippen LogP contribution < -0.4 is 5.32 Å². The topological polar surface area (TPSA) is 46.2 Å². The monoisotopic (exact) mass is 421 g/mol. The molecule has 0 spiro atoms. The number of carbonyl (C=O) groups excluding carboxylic acids is 2. The molecule has 0 fully saturated rings. The fraction of sp³-hybridized carbons (Fsp3) is 0.143. The maximum atomic E-state index is 13.2. The van der Waals surface area contributed by atoms with Crippen LogP contribution in [0, 0.1) is 5.82 Å². The second-order valence-electron chi connectivity index (χ2n) is 6.27. The molecule has 0 saturated carbocycles. The van der Waals surface area contributed by atoms with Gasteiger partial charge in [0.15, 0.2) is 5.78 Å². The number of carbonyl (C=O) groups is 2. The molecule has 0 bridgehead atoms. The summed E-state index contributed by atoms with van der Waals surface area (Å²) in [5.41, 5.74) is -0.162. The molecule has 0 aliphatic heterocycles. The minimum atomic E-state index is -4.46. The molecular formula is C21H15F4NO2S. The lowest BCUT2D eigenvalue weighted by Crippen LogP contribution is -2.42. The number of amides is 1. The molecule has 0 aliphatic carbocycles. The summed E-state index contributed by atoms with van der Waals surface area (Å²) in [7, 11) is 0. The predicted octanol–water partition coefficient (Wildman–Crippen LogP) is 5.13. The first-order valence-electron chi connectivity index (χ1n) is 8.54. The van der Waals surface area contributed by atoms with E-state index in [0.29, 0.717) is 10.4 Å². The van der Waals surface area contributed by atoms with Crippen molar-refractivity contribution in [2.45, 2.75) is 18.6 Å². The standard InChI is InChI=1S/C21H15F4NO2S/c22-16-9-5-14(6-10-16)19(27)17(26-20(28)18-2-1-11-29-18)12-13-3-7-15(8-4-13)21(23,24)25/h1-11,17H,12H2,(H,26,28). The van der Waals surface area contributed by atoms with Crippen molar-refractivity contribution >= 4 is 23.0 Å². The van der Waals surface area contributed by atoms with E-state index in [0.717, 1.165) is 24.3 Å². The van der Waals surface area contributed by atoms with Crippen LogP contribution in [0.2, 0.25) is 0 Å². The Balaban J connectivity index is 1.84. The fourth-order valence-corrected chi connectivity index (χ4v) is 3.35. The first-order valence-corrected chi connectivity index (χ1v) is 9.42. The van der Waals surface area contributed by atoms with E-state index in [9.17, 15) is 27.2 Å². The summed E-state index contributed by atoms with van der Waals surface area (Å²) in [6.45, 7) is 0. The van der Waals surface area contributed by atoms with Gasteiger partial charge < -0.3 is 5.32 Å². The van der Waals surface area contributed by atoms with Crippen molar-refractivity contribution in [2.24, 2.45) is 0 Å². The van der Waals surface area contributed by atoms with Crippen molar-refractivity contribution in [3.8, 4) is 0 Å². The highest BCUT2D eigenvalue weighted by Gasteiger charge is 2.30. The SMILES string of the molecule is O=C(NC(Cc1ccc(C(F)(F)F)cc1)C(=O)c1ccc(F)cc1)c1cccs1. The van der Waals surface area contributed by atoms with Crippen molar-refractivity contribution in [3.05, 3.63) is 93.4 Å². The maximum absolute atomic E-state index is 13.2. The maximum Gasteiger partial charge on any atom is 0.416 e. The van der Waals surface area contributed by atoms with E-state index >= 15 is 0 Å². The predicted molar refractivity (Wildman–Crippen MR) is 101 cm³/mol. The molecule has 1 heterocycles. The van der Waals surface area contributed by atoms with Gasteiger partial charge in [0.25, 0.3) is 5.91 Å². The summed E-state index contributed by atoms with van der Waals surface area (Å²) in [5, 5.41) is 4.34. The van der Waals surface area contributed by atoms with Crippen molar-refractivity contribution < 1.29 is 27.2 Å². The van der Waals surface area contributed by atoms with Crippen LogP contribution in [0.1, 0.15) is 31.2 Å². The molecule has 1 unspecified atom stereocenters. The summed E-state index contributed by atoms with van der Waals surface area (Å²) in [6, 6.07) is 11.5. The zero-order valence-corrected chi connectivity index (χ0v) is 15.7. The molecule has 1 atom stereocenters. The van der Waals surface area contributed by atoms with Crippen LogP contribution in [0.15, 0.2) is 66.0 Å². The highest BCUT2D eigenvalue weighted by molar-refractivity contribution is 7.12. The molecule has 3 nitrogen and oxygen atoms in total. The molecule has 0 saturated heterocycles. The van der Waals surface area contributed by atoms with Crippen LogP contribution in [0.3, 0.4) is 0 Å². The van der Waals surface area contributed by atoms with Gasteiger partial charge in [0.1, 0.15) is 5.82 Å². The Bertz CT molecular complexity index is 981. The molecule has 1 aromatic heterocycles. The van der Waals surface area contributed by atoms with Crippen LogP contribution in [0.25, 0.3) is 0 Å². The largest absolute Gasteiger partial charge is 0.416 e. The lowest BCUT2D eigenvalue weighted by Gasteiger charge is -2.18. The number of alkyl halides is 3. The molecule has 0 aliphatic rings. The fourth-order valence-electron chi connectivity index (χ4n) is 2.73. The Hall–Kier alpha value is -3.00. The number of nitrogens with one attached hydrogen (secondary N) is 1. The van der Waals surface area contributed by atoms with Gasteiger partial charge in [-0.25, -0.2) is 4.39 Å². The molecule has 29 heavy (non-hydrogen) atoms. The van der Waals surface area contributed by atoms with Crippen LogP contribution in [0.4, 0.5) is 17.6 Å². The Morgan fingerprint density at radius 2 is 1.62 bits per heavy atom. The van der Waals surface area contributed by atoms with E-state index in [4.69, 9.17) is 0 Å².